The summed E-state index contributed by atoms with van der Waals surface area (Å²) in [5, 5.41) is 10.1. The molecule has 44 heavy (non-hydrogen) atoms. The van der Waals surface area contributed by atoms with Gasteiger partial charge in [0.25, 0.3) is 0 Å². The normalized spacial score (nSPS) is 12.1. The van der Waals surface area contributed by atoms with E-state index < -0.39 is 0 Å². The van der Waals surface area contributed by atoms with Crippen molar-refractivity contribution in [3.8, 4) is 0 Å². The number of benzene rings is 7. The smallest absolute Gasteiger partial charge is 0.135 e. The van der Waals surface area contributed by atoms with Crippen LogP contribution in [0.15, 0.2) is 144 Å². The Balaban J connectivity index is 1.28. The number of hydrogen-bond donors (Lipinski definition) is 0. The third-order valence-electron chi connectivity index (χ3n) is 8.85. The molecule has 0 unspecified atom stereocenters. The van der Waals surface area contributed by atoms with E-state index in [1.165, 1.54) is 56.8 Å². The minimum absolute atomic E-state index is 0.904. The Morgan fingerprint density at radius 1 is 0.409 bits per heavy atom. The molecule has 0 aliphatic carbocycles. The van der Waals surface area contributed by atoms with Gasteiger partial charge in [0.05, 0.1) is 10.4 Å². The van der Waals surface area contributed by atoms with Gasteiger partial charge in [0, 0.05) is 57.8 Å². The van der Waals surface area contributed by atoms with E-state index in [1.807, 2.05) is 34.8 Å². The van der Waals surface area contributed by atoms with Crippen LogP contribution in [0, 0.1) is 0 Å². The molecule has 3 aromatic heterocycles. The van der Waals surface area contributed by atoms with Crippen molar-refractivity contribution >= 4 is 113 Å². The summed E-state index contributed by atoms with van der Waals surface area (Å²) >= 11 is 3.75. The SMILES string of the molecule is c1ccc2c(c1)ccc1c3cccc(N(c4ccc5c(c4)sc4ccccc45)c4ccc5oc6ccccc6c5c4)c3sc21. The van der Waals surface area contributed by atoms with Crippen LogP contribution in [0.5, 0.6) is 0 Å². The second kappa shape index (κ2) is 9.17. The number of para-hydroxylation sites is 1. The largest absolute Gasteiger partial charge is 0.456 e. The zero-order chi connectivity index (χ0) is 28.8. The lowest BCUT2D eigenvalue weighted by atomic mass is 10.1. The summed E-state index contributed by atoms with van der Waals surface area (Å²) in [7, 11) is 0. The van der Waals surface area contributed by atoms with Crippen LogP contribution >= 0.6 is 22.7 Å². The minimum Gasteiger partial charge on any atom is -0.456 e. The van der Waals surface area contributed by atoms with E-state index in [9.17, 15) is 0 Å². The van der Waals surface area contributed by atoms with Gasteiger partial charge in [-0.1, -0.05) is 91.0 Å². The van der Waals surface area contributed by atoms with E-state index in [4.69, 9.17) is 4.42 Å². The van der Waals surface area contributed by atoms with Crippen molar-refractivity contribution in [2.75, 3.05) is 4.90 Å². The van der Waals surface area contributed by atoms with E-state index in [2.05, 4.69) is 132 Å². The van der Waals surface area contributed by atoms with Crippen LogP contribution < -0.4 is 4.90 Å². The number of anilines is 3. The molecule has 0 atom stereocenters. The topological polar surface area (TPSA) is 16.4 Å². The third-order valence-corrected chi connectivity index (χ3v) is 11.3. The summed E-state index contributed by atoms with van der Waals surface area (Å²) in [6, 6.07) is 50.6. The van der Waals surface area contributed by atoms with E-state index in [0.717, 1.165) is 33.3 Å². The number of nitrogens with zero attached hydrogens (tertiary/aromatic N) is 1. The summed E-state index contributed by atoms with van der Waals surface area (Å²) < 4.78 is 11.5. The van der Waals surface area contributed by atoms with Crippen LogP contribution in [0.4, 0.5) is 17.1 Å². The molecule has 0 amide bonds. The molecule has 0 fully saturated rings. The Bertz CT molecular complexity index is 2750. The molecule has 10 aromatic rings. The molecule has 0 bridgehead atoms. The van der Waals surface area contributed by atoms with Crippen molar-refractivity contribution < 1.29 is 4.42 Å². The van der Waals surface area contributed by atoms with Gasteiger partial charge in [-0.2, -0.15) is 0 Å². The minimum atomic E-state index is 0.904. The van der Waals surface area contributed by atoms with E-state index in [0.29, 0.717) is 0 Å². The molecule has 0 aliphatic rings. The van der Waals surface area contributed by atoms with Crippen LogP contribution in [0.2, 0.25) is 0 Å². The molecule has 206 valence electrons. The lowest BCUT2D eigenvalue weighted by Gasteiger charge is -2.26. The van der Waals surface area contributed by atoms with Crippen molar-refractivity contribution in [2.24, 2.45) is 0 Å². The summed E-state index contributed by atoms with van der Waals surface area (Å²) in [5.74, 6) is 0. The van der Waals surface area contributed by atoms with Gasteiger partial charge in [0.1, 0.15) is 11.2 Å². The van der Waals surface area contributed by atoms with Crippen LogP contribution in [-0.2, 0) is 0 Å². The van der Waals surface area contributed by atoms with Crippen LogP contribution in [0.25, 0.3) is 73.1 Å². The number of fused-ring (bicyclic) bond motifs is 11. The van der Waals surface area contributed by atoms with E-state index >= 15 is 0 Å². The van der Waals surface area contributed by atoms with Gasteiger partial charge in [0.15, 0.2) is 0 Å². The summed E-state index contributed by atoms with van der Waals surface area (Å²) in [4.78, 5) is 2.44. The summed E-state index contributed by atoms with van der Waals surface area (Å²) in [6.45, 7) is 0. The number of hydrogen-bond acceptors (Lipinski definition) is 4. The lowest BCUT2D eigenvalue weighted by Crippen LogP contribution is -2.09. The Kier molecular flexibility index (Phi) is 5.06. The highest BCUT2D eigenvalue weighted by atomic mass is 32.1. The maximum atomic E-state index is 6.23. The Labute approximate surface area is 260 Å². The quantitative estimate of drug-likeness (QED) is 0.201. The monoisotopic (exact) mass is 597 g/mol. The molecule has 0 spiro atoms. The molecule has 0 aliphatic heterocycles. The van der Waals surface area contributed by atoms with Crippen molar-refractivity contribution in [1.29, 1.82) is 0 Å². The van der Waals surface area contributed by atoms with Gasteiger partial charge in [-0.25, -0.2) is 0 Å². The first kappa shape index (κ1) is 24.3. The number of thiophene rings is 2. The molecule has 2 nitrogen and oxygen atoms in total. The molecule has 4 heteroatoms. The number of furan rings is 1. The van der Waals surface area contributed by atoms with Gasteiger partial charge in [0.2, 0.25) is 0 Å². The number of rotatable bonds is 3. The summed E-state index contributed by atoms with van der Waals surface area (Å²) in [5.41, 5.74) is 5.25. The molecule has 3 heterocycles. The zero-order valence-electron chi connectivity index (χ0n) is 23.5. The van der Waals surface area contributed by atoms with Crippen molar-refractivity contribution in [2.45, 2.75) is 0 Å². The highest BCUT2D eigenvalue weighted by Gasteiger charge is 2.21. The fourth-order valence-corrected chi connectivity index (χ4v) is 9.30. The Hall–Kier alpha value is -5.16. The van der Waals surface area contributed by atoms with E-state index in [-0.39, 0.29) is 0 Å². The van der Waals surface area contributed by atoms with Crippen molar-refractivity contribution in [1.82, 2.24) is 0 Å². The highest BCUT2D eigenvalue weighted by Crippen LogP contribution is 2.48. The predicted molar refractivity (Wildman–Crippen MR) is 192 cm³/mol. The van der Waals surface area contributed by atoms with Gasteiger partial charge in [-0.15, -0.1) is 22.7 Å². The second-order valence-corrected chi connectivity index (χ2v) is 13.4. The molecule has 0 saturated heterocycles. The standard InChI is InChI=1S/C40H23NOS2/c1-2-9-27-24(8-1)16-19-32-31-12-7-13-34(40(31)44-39(27)32)41(25-18-21-36-33(22-25)28-10-3-5-14-35(28)42-36)26-17-20-30-29-11-4-6-15-37(29)43-38(30)23-26/h1-23H. The first-order valence-corrected chi connectivity index (χ1v) is 16.4. The molecular weight excluding hydrogens is 575 g/mol. The van der Waals surface area contributed by atoms with Gasteiger partial charge in [-0.05, 0) is 59.3 Å². The lowest BCUT2D eigenvalue weighted by molar-refractivity contribution is 0.669. The fourth-order valence-electron chi connectivity index (χ4n) is 6.82. The van der Waals surface area contributed by atoms with Gasteiger partial charge < -0.3 is 9.32 Å². The Morgan fingerprint density at radius 2 is 1.09 bits per heavy atom. The van der Waals surface area contributed by atoms with Gasteiger partial charge >= 0.3 is 0 Å². The van der Waals surface area contributed by atoms with Gasteiger partial charge in [-0.3, -0.25) is 0 Å². The average Bonchev–Trinajstić information content (AvgIpc) is 3.76. The van der Waals surface area contributed by atoms with Crippen LogP contribution in [0.3, 0.4) is 0 Å². The summed E-state index contributed by atoms with van der Waals surface area (Å²) in [6.07, 6.45) is 0. The molecule has 0 N–H and O–H groups in total. The van der Waals surface area contributed by atoms with Crippen LogP contribution in [0.1, 0.15) is 0 Å². The maximum Gasteiger partial charge on any atom is 0.135 e. The van der Waals surface area contributed by atoms with Crippen molar-refractivity contribution in [3.05, 3.63) is 140 Å². The third kappa shape index (κ3) is 3.47. The zero-order valence-corrected chi connectivity index (χ0v) is 25.1. The molecule has 7 aromatic carbocycles. The highest BCUT2D eigenvalue weighted by molar-refractivity contribution is 7.27. The first-order valence-electron chi connectivity index (χ1n) is 14.8. The van der Waals surface area contributed by atoms with Crippen molar-refractivity contribution in [3.63, 3.8) is 0 Å². The molecule has 10 rings (SSSR count). The maximum absolute atomic E-state index is 6.23. The molecule has 0 radical (unpaired) electrons. The van der Waals surface area contributed by atoms with Crippen LogP contribution in [-0.4, -0.2) is 0 Å². The predicted octanol–water partition coefficient (Wildman–Crippen LogP) is 12.9. The molecule has 0 saturated carbocycles. The Morgan fingerprint density at radius 3 is 2.05 bits per heavy atom. The fraction of sp³-hybridized carbons (Fsp3) is 0. The first-order chi connectivity index (χ1) is 21.8. The average molecular weight is 598 g/mol. The van der Waals surface area contributed by atoms with E-state index in [1.54, 1.807) is 0 Å². The molecular formula is C40H23NOS2. The second-order valence-electron chi connectivity index (χ2n) is 11.3.